The van der Waals surface area contributed by atoms with Crippen LogP contribution in [-0.2, 0) is 4.79 Å². The Balaban J connectivity index is 2.82. The van der Waals surface area contributed by atoms with E-state index in [9.17, 15) is 4.79 Å². The highest BCUT2D eigenvalue weighted by Crippen LogP contribution is 2.16. The van der Waals surface area contributed by atoms with Gasteiger partial charge < -0.3 is 5.11 Å². The molecule has 0 saturated carbocycles. The first-order valence-electron chi connectivity index (χ1n) is 2.21. The summed E-state index contributed by atoms with van der Waals surface area (Å²) in [5, 5.41) is 17.2. The van der Waals surface area contributed by atoms with Crippen LogP contribution in [0, 0.1) is 0 Å². The number of carbonyl (C=O) groups is 1. The third-order valence-electron chi connectivity index (χ3n) is 0.958. The molecule has 0 aromatic carbocycles. The van der Waals surface area contributed by atoms with Crippen molar-refractivity contribution in [3.8, 4) is 0 Å². The molecule has 1 heterocycles. The van der Waals surface area contributed by atoms with Gasteiger partial charge in [0, 0.05) is 0 Å². The van der Waals surface area contributed by atoms with E-state index in [2.05, 4.69) is 0 Å². The smallest absolute Gasteiger partial charge is 0.291 e. The quantitative estimate of drug-likeness (QED) is 0.463. The summed E-state index contributed by atoms with van der Waals surface area (Å²) in [4.78, 5) is 10.4. The monoisotopic (exact) mass is 149 g/mol. The number of amides is 1. The number of carbonyl (C=O) groups excluding carboxylic acids is 1. The summed E-state index contributed by atoms with van der Waals surface area (Å²) in [6, 6.07) is 0. The molecule has 0 spiro atoms. The minimum absolute atomic E-state index is 0.155. The Morgan fingerprint density at radius 3 is 2.44 bits per heavy atom. The maximum Gasteiger partial charge on any atom is 0.291 e. The van der Waals surface area contributed by atoms with Crippen LogP contribution in [0.1, 0.15) is 0 Å². The average Bonchev–Trinajstić information content (AvgIpc) is 1.98. The Labute approximate surface area is 55.9 Å². The van der Waals surface area contributed by atoms with Gasteiger partial charge in [-0.3, -0.25) is 10.0 Å². The van der Waals surface area contributed by atoms with Crippen molar-refractivity contribution >= 4 is 17.5 Å². The molecule has 0 saturated heterocycles. The van der Waals surface area contributed by atoms with E-state index in [4.69, 9.17) is 21.9 Å². The van der Waals surface area contributed by atoms with Gasteiger partial charge in [0.1, 0.15) is 5.03 Å². The normalized spacial score (nSPS) is 27.0. The molecule has 0 aromatic rings. The van der Waals surface area contributed by atoms with Gasteiger partial charge in [-0.25, -0.2) is 0 Å². The summed E-state index contributed by atoms with van der Waals surface area (Å²) in [5.74, 6) is -0.774. The highest BCUT2D eigenvalue weighted by Gasteiger charge is 2.28. The molecule has 2 N–H and O–H groups in total. The lowest BCUT2D eigenvalue weighted by molar-refractivity contribution is -0.185. The van der Waals surface area contributed by atoms with Crippen LogP contribution in [0.5, 0.6) is 0 Å². The van der Waals surface area contributed by atoms with Gasteiger partial charge in [-0.1, -0.05) is 11.6 Å². The van der Waals surface area contributed by atoms with E-state index in [0.29, 0.717) is 0 Å². The van der Waals surface area contributed by atoms with Crippen LogP contribution in [0.15, 0.2) is 11.1 Å². The van der Waals surface area contributed by atoms with Crippen LogP contribution in [0.4, 0.5) is 0 Å². The molecule has 1 amide bonds. The third kappa shape index (κ3) is 0.917. The third-order valence-corrected chi connectivity index (χ3v) is 1.25. The number of hydrogen-bond acceptors (Lipinski definition) is 3. The van der Waals surface area contributed by atoms with Gasteiger partial charge >= 0.3 is 0 Å². The summed E-state index contributed by atoms with van der Waals surface area (Å²) in [7, 11) is 0. The first-order valence-corrected chi connectivity index (χ1v) is 2.58. The summed E-state index contributed by atoms with van der Waals surface area (Å²) in [6.07, 6.45) is -0.242. The number of halogens is 1. The van der Waals surface area contributed by atoms with Gasteiger partial charge in [0.2, 0.25) is 0 Å². The molecule has 0 bridgehead atoms. The fourth-order valence-corrected chi connectivity index (χ4v) is 0.702. The highest BCUT2D eigenvalue weighted by atomic mass is 35.5. The molecule has 1 unspecified atom stereocenters. The van der Waals surface area contributed by atoms with E-state index in [1.807, 2.05) is 0 Å². The largest absolute Gasteiger partial charge is 0.368 e. The SMILES string of the molecule is O=C1C(Cl)=CC(O)N1O. The van der Waals surface area contributed by atoms with Crippen LogP contribution in [-0.4, -0.2) is 27.5 Å². The first kappa shape index (κ1) is 6.54. The Kier molecular flexibility index (Phi) is 1.44. The number of rotatable bonds is 0. The molecule has 50 valence electrons. The molecule has 0 radical (unpaired) electrons. The first-order chi connectivity index (χ1) is 4.13. The molecule has 0 aromatic heterocycles. The minimum atomic E-state index is -1.29. The van der Waals surface area contributed by atoms with E-state index in [1.54, 1.807) is 0 Å². The molecular weight excluding hydrogens is 146 g/mol. The van der Waals surface area contributed by atoms with Crippen molar-refractivity contribution < 1.29 is 15.1 Å². The molecule has 4 nitrogen and oxygen atoms in total. The van der Waals surface area contributed by atoms with Gasteiger partial charge in [-0.15, -0.1) is 0 Å². The molecule has 1 aliphatic heterocycles. The zero-order valence-corrected chi connectivity index (χ0v) is 5.04. The second-order valence-corrected chi connectivity index (χ2v) is 1.99. The van der Waals surface area contributed by atoms with Gasteiger partial charge in [0.25, 0.3) is 5.91 Å². The van der Waals surface area contributed by atoms with Gasteiger partial charge in [-0.2, -0.15) is 5.06 Å². The van der Waals surface area contributed by atoms with Crippen molar-refractivity contribution in [1.82, 2.24) is 5.06 Å². The number of hydroxylamine groups is 2. The molecule has 0 aliphatic carbocycles. The van der Waals surface area contributed by atoms with Crippen molar-refractivity contribution in [3.05, 3.63) is 11.1 Å². The van der Waals surface area contributed by atoms with Gasteiger partial charge in [-0.05, 0) is 6.08 Å². The lowest BCUT2D eigenvalue weighted by Crippen LogP contribution is -2.30. The van der Waals surface area contributed by atoms with Crippen molar-refractivity contribution in [2.24, 2.45) is 0 Å². The maximum atomic E-state index is 10.4. The van der Waals surface area contributed by atoms with Crippen molar-refractivity contribution in [2.75, 3.05) is 0 Å². The molecule has 9 heavy (non-hydrogen) atoms. The Morgan fingerprint density at radius 1 is 1.78 bits per heavy atom. The van der Waals surface area contributed by atoms with E-state index in [1.165, 1.54) is 0 Å². The lowest BCUT2D eigenvalue weighted by atomic mass is 10.5. The van der Waals surface area contributed by atoms with Crippen LogP contribution < -0.4 is 0 Å². The number of hydrogen-bond donors (Lipinski definition) is 2. The van der Waals surface area contributed by atoms with E-state index in [-0.39, 0.29) is 10.1 Å². The summed E-state index contributed by atoms with van der Waals surface area (Å²) in [6.45, 7) is 0. The standard InChI is InChI=1S/C4H4ClNO3/c5-2-1-3(7)6(9)4(2)8/h1,3,7,9H. The summed E-state index contributed by atoms with van der Waals surface area (Å²) >= 11 is 5.20. The zero-order valence-electron chi connectivity index (χ0n) is 4.28. The van der Waals surface area contributed by atoms with E-state index >= 15 is 0 Å². The second-order valence-electron chi connectivity index (χ2n) is 1.58. The number of aliphatic hydroxyl groups is 1. The van der Waals surface area contributed by atoms with Crippen LogP contribution in [0.3, 0.4) is 0 Å². The fraction of sp³-hybridized carbons (Fsp3) is 0.250. The topological polar surface area (TPSA) is 60.8 Å². The highest BCUT2D eigenvalue weighted by molar-refractivity contribution is 6.42. The molecular formula is C4H4ClNO3. The van der Waals surface area contributed by atoms with Crippen LogP contribution in [0.25, 0.3) is 0 Å². The van der Waals surface area contributed by atoms with Crippen molar-refractivity contribution in [1.29, 1.82) is 0 Å². The van der Waals surface area contributed by atoms with Gasteiger partial charge in [0.05, 0.1) is 0 Å². The van der Waals surface area contributed by atoms with Gasteiger partial charge in [0.15, 0.2) is 6.23 Å². The number of nitrogens with zero attached hydrogens (tertiary/aromatic N) is 1. The van der Waals surface area contributed by atoms with E-state index < -0.39 is 12.1 Å². The Bertz CT molecular complexity index is 179. The molecule has 1 rings (SSSR count). The van der Waals surface area contributed by atoms with Crippen LogP contribution >= 0.6 is 11.6 Å². The Hall–Kier alpha value is -0.580. The molecule has 5 heteroatoms. The fourth-order valence-electron chi connectivity index (χ4n) is 0.502. The molecule has 1 aliphatic rings. The number of aliphatic hydroxyl groups excluding tert-OH is 1. The average molecular weight is 150 g/mol. The minimum Gasteiger partial charge on any atom is -0.368 e. The summed E-state index contributed by atoms with van der Waals surface area (Å²) in [5.41, 5.74) is 0. The maximum absolute atomic E-state index is 10.4. The predicted octanol–water partition coefficient (Wildman–Crippen LogP) is -0.341. The molecule has 0 fully saturated rings. The van der Waals surface area contributed by atoms with E-state index in [0.717, 1.165) is 6.08 Å². The summed E-state index contributed by atoms with van der Waals surface area (Å²) < 4.78 is 0. The Morgan fingerprint density at radius 2 is 2.33 bits per heavy atom. The van der Waals surface area contributed by atoms with Crippen LogP contribution in [0.2, 0.25) is 0 Å². The second kappa shape index (κ2) is 1.98. The lowest BCUT2D eigenvalue weighted by Gasteiger charge is -2.09. The van der Waals surface area contributed by atoms with Crippen molar-refractivity contribution in [3.63, 3.8) is 0 Å². The van der Waals surface area contributed by atoms with Crippen molar-refractivity contribution in [2.45, 2.75) is 6.23 Å². The predicted molar refractivity (Wildman–Crippen MR) is 28.6 cm³/mol. The molecule has 1 atom stereocenters. The zero-order chi connectivity index (χ0) is 7.02.